The fourth-order valence-electron chi connectivity index (χ4n) is 0.913. The van der Waals surface area contributed by atoms with Gasteiger partial charge in [-0.25, -0.2) is 8.78 Å². The standard InChI is InChI=1S/C7H15F.4C6H13F/c1-5(2)6(3)7(4)8;1-5(2)6(3,4)7;3*1-5(2)6(3)4-7/h5-7H,1-4H3;5H,1-4H3;3*5-6H,4H2,1-3H3/i2*5D;6D;5D;4D. The monoisotopic (exact) mass is 540 g/mol. The van der Waals surface area contributed by atoms with Crippen LogP contribution in [0.3, 0.4) is 0 Å². The van der Waals surface area contributed by atoms with Gasteiger partial charge in [-0.2, -0.15) is 0 Å². The maximum Gasteiger partial charge on any atom is 0.107 e. The first-order valence-electron chi connectivity index (χ1n) is 15.7. The van der Waals surface area contributed by atoms with E-state index in [1.165, 1.54) is 20.8 Å². The molecule has 0 aromatic rings. The summed E-state index contributed by atoms with van der Waals surface area (Å²) in [7, 11) is 0. The van der Waals surface area contributed by atoms with E-state index in [0.29, 0.717) is 0 Å². The van der Waals surface area contributed by atoms with Gasteiger partial charge in [0.1, 0.15) is 11.8 Å². The van der Waals surface area contributed by atoms with Crippen LogP contribution in [0.15, 0.2) is 0 Å². The molecule has 0 fully saturated rings. The Morgan fingerprint density at radius 3 is 1.00 bits per heavy atom. The van der Waals surface area contributed by atoms with Crippen LogP contribution < -0.4 is 0 Å². The second-order valence-electron chi connectivity index (χ2n) is 11.5. The fourth-order valence-corrected chi connectivity index (χ4v) is 0.913. The molecule has 0 aromatic carbocycles. The van der Waals surface area contributed by atoms with Gasteiger partial charge in [-0.05, 0) is 73.9 Å². The molecule has 0 aliphatic rings. The number of rotatable bonds is 9. The first-order chi connectivity index (χ1) is 17.6. The van der Waals surface area contributed by atoms with Gasteiger partial charge in [0, 0.05) is 5.48 Å². The Kier molecular flexibility index (Phi) is 24.6. The van der Waals surface area contributed by atoms with E-state index < -0.39 is 55.4 Å². The van der Waals surface area contributed by atoms with Gasteiger partial charge in [0.15, 0.2) is 0 Å². The third kappa shape index (κ3) is 35.8. The van der Waals surface area contributed by atoms with Crippen LogP contribution >= 0.6 is 0 Å². The van der Waals surface area contributed by atoms with Crippen molar-refractivity contribution in [1.29, 1.82) is 0 Å². The van der Waals surface area contributed by atoms with Crippen molar-refractivity contribution >= 4 is 0 Å². The molecule has 0 amide bonds. The maximum absolute atomic E-state index is 12.7. The number of hydrogen-bond donors (Lipinski definition) is 0. The summed E-state index contributed by atoms with van der Waals surface area (Å²) in [4.78, 5) is 0. The molecule has 0 aliphatic carbocycles. The topological polar surface area (TPSA) is 0 Å². The van der Waals surface area contributed by atoms with E-state index in [9.17, 15) is 22.0 Å². The molecular weight excluding hydrogens is 467 g/mol. The highest BCUT2D eigenvalue weighted by Gasteiger charge is 2.19. The Morgan fingerprint density at radius 1 is 0.639 bits per heavy atom. The molecule has 5 heteroatoms. The molecule has 0 rings (SSSR count). The molecule has 0 aliphatic heterocycles. The lowest BCUT2D eigenvalue weighted by Gasteiger charge is -2.17. The molecule has 0 saturated carbocycles. The summed E-state index contributed by atoms with van der Waals surface area (Å²) in [5.41, 5.74) is -1.40. The van der Waals surface area contributed by atoms with Gasteiger partial charge >= 0.3 is 0 Å². The fraction of sp³-hybridized carbons (Fsp3) is 1.00. The summed E-state index contributed by atoms with van der Waals surface area (Å²) >= 11 is 0. The second-order valence-corrected chi connectivity index (χ2v) is 11.5. The molecule has 0 saturated heterocycles. The smallest absolute Gasteiger partial charge is 0.107 e. The van der Waals surface area contributed by atoms with E-state index in [2.05, 4.69) is 0 Å². The lowest BCUT2D eigenvalue weighted by atomic mass is 9.94. The Balaban J connectivity index is -0.000000132. The molecule has 0 spiro atoms. The molecule has 0 heterocycles. The minimum Gasteiger partial charge on any atom is -0.251 e. The van der Waals surface area contributed by atoms with Crippen LogP contribution in [-0.4, -0.2) is 31.8 Å². The van der Waals surface area contributed by atoms with E-state index in [-0.39, 0.29) is 29.6 Å². The van der Waals surface area contributed by atoms with Crippen molar-refractivity contribution in [1.82, 2.24) is 0 Å². The predicted molar refractivity (Wildman–Crippen MR) is 155 cm³/mol. The predicted octanol–water partition coefficient (Wildman–Crippen LogP) is 11.8. The summed E-state index contributed by atoms with van der Waals surface area (Å²) < 4.78 is 96.6. The van der Waals surface area contributed by atoms with Crippen molar-refractivity contribution in [2.45, 2.75) is 130 Å². The van der Waals surface area contributed by atoms with E-state index in [1.807, 2.05) is 27.7 Å². The van der Waals surface area contributed by atoms with Crippen molar-refractivity contribution in [2.75, 3.05) is 20.0 Å². The van der Waals surface area contributed by atoms with Crippen LogP contribution in [0.25, 0.3) is 0 Å². The highest BCUT2D eigenvalue weighted by atomic mass is 19.1. The maximum atomic E-state index is 12.7. The van der Waals surface area contributed by atoms with Gasteiger partial charge < -0.3 is 0 Å². The molecule has 6 unspecified atom stereocenters. The van der Waals surface area contributed by atoms with Crippen molar-refractivity contribution in [2.24, 2.45) is 53.2 Å². The molecule has 0 radical (unpaired) electrons. The van der Waals surface area contributed by atoms with Gasteiger partial charge in [-0.1, -0.05) is 96.9 Å². The van der Waals surface area contributed by atoms with Gasteiger partial charge in [0.25, 0.3) is 0 Å². The van der Waals surface area contributed by atoms with Crippen LogP contribution in [0.5, 0.6) is 0 Å². The van der Waals surface area contributed by atoms with Crippen molar-refractivity contribution in [3.05, 3.63) is 0 Å². The molecule has 0 nitrogen and oxygen atoms in total. The Bertz CT molecular complexity index is 576. The van der Waals surface area contributed by atoms with E-state index in [1.54, 1.807) is 69.2 Å². The highest BCUT2D eigenvalue weighted by molar-refractivity contribution is 4.69. The normalized spacial score (nSPS) is 20.1. The summed E-state index contributed by atoms with van der Waals surface area (Å²) in [5, 5.41) is 0. The number of halogens is 5. The highest BCUT2D eigenvalue weighted by Crippen LogP contribution is 2.19. The van der Waals surface area contributed by atoms with E-state index in [4.69, 9.17) is 6.85 Å². The van der Waals surface area contributed by atoms with Gasteiger partial charge in [-0.3, -0.25) is 13.2 Å². The lowest BCUT2D eigenvalue weighted by Crippen LogP contribution is -2.19. The van der Waals surface area contributed by atoms with Crippen LogP contribution in [-0.2, 0) is 0 Å². The Hall–Kier alpha value is -0.350. The molecular formula is C31H67F5. The van der Waals surface area contributed by atoms with Gasteiger partial charge in [0.2, 0.25) is 0 Å². The minimum absolute atomic E-state index is 0.104. The van der Waals surface area contributed by atoms with Crippen molar-refractivity contribution in [3.63, 3.8) is 0 Å². The molecule has 0 bridgehead atoms. The summed E-state index contributed by atoms with van der Waals surface area (Å²) in [6, 6.07) is 0. The van der Waals surface area contributed by atoms with Crippen LogP contribution in [0, 0.1) is 53.2 Å². The Morgan fingerprint density at radius 2 is 1.00 bits per heavy atom. The average Bonchev–Trinajstić information content (AvgIpc) is 2.76. The van der Waals surface area contributed by atoms with Crippen molar-refractivity contribution in [3.8, 4) is 0 Å². The van der Waals surface area contributed by atoms with Gasteiger partial charge in [-0.15, -0.1) is 0 Å². The summed E-state index contributed by atoms with van der Waals surface area (Å²) in [6.45, 7) is 26.4. The zero-order valence-corrected chi connectivity index (χ0v) is 26.8. The van der Waals surface area contributed by atoms with Crippen LogP contribution in [0.2, 0.25) is 0 Å². The lowest BCUT2D eigenvalue weighted by molar-refractivity contribution is 0.148. The molecule has 0 aromatic heterocycles. The number of alkyl halides is 5. The second kappa shape index (κ2) is 26.3. The van der Waals surface area contributed by atoms with Gasteiger partial charge in [0.05, 0.1) is 21.4 Å². The van der Waals surface area contributed by atoms with E-state index >= 15 is 0 Å². The van der Waals surface area contributed by atoms with Crippen LogP contribution in [0.4, 0.5) is 22.0 Å². The summed E-state index contributed by atoms with van der Waals surface area (Å²) in [5.74, 6) is -3.19. The molecule has 226 valence electrons. The third-order valence-electron chi connectivity index (χ3n) is 6.45. The molecule has 36 heavy (non-hydrogen) atoms. The first-order valence-corrected chi connectivity index (χ1v) is 13.2. The molecule has 6 atom stereocenters. The quantitative estimate of drug-likeness (QED) is 0.256. The SMILES string of the molecule is [2H]C(C)(C)C(C)(C)F.[2H]C(C)(C)C(C)C(C)F.[2H]C(C)(C)C(C)CF.[2H]C(C)(CF)C(C)C.[2H]C(F)C(C)C(C)C. The van der Waals surface area contributed by atoms with Crippen LogP contribution in [0.1, 0.15) is 125 Å². The zero-order chi connectivity index (χ0) is 35.0. The van der Waals surface area contributed by atoms with E-state index in [0.717, 1.165) is 0 Å². The minimum atomic E-state index is -1.41. The third-order valence-corrected chi connectivity index (χ3v) is 6.45. The summed E-state index contributed by atoms with van der Waals surface area (Å²) in [6.07, 6.45) is -0.877. The Labute approximate surface area is 232 Å². The average molecular weight is 540 g/mol. The van der Waals surface area contributed by atoms with Crippen molar-refractivity contribution < 1.29 is 28.8 Å². The molecule has 0 N–H and O–H groups in total. The first kappa shape index (κ1) is 33.7. The largest absolute Gasteiger partial charge is 0.251 e. The zero-order valence-electron chi connectivity index (χ0n) is 31.8. The number of hydrogen-bond acceptors (Lipinski definition) is 0.